The van der Waals surface area contributed by atoms with E-state index in [1.54, 1.807) is 0 Å². The first kappa shape index (κ1) is 10.8. The van der Waals surface area contributed by atoms with Gasteiger partial charge in [0.05, 0.1) is 5.69 Å². The van der Waals surface area contributed by atoms with Crippen molar-refractivity contribution in [2.45, 2.75) is 25.5 Å². The van der Waals surface area contributed by atoms with Gasteiger partial charge in [-0.05, 0) is 25.0 Å². The van der Waals surface area contributed by atoms with Crippen LogP contribution in [0.1, 0.15) is 24.8 Å². The number of fused-ring (bicyclic) bond motifs is 1. The average molecular weight is 249 g/mol. The molecule has 88 valence electrons. The number of nitrogens with zero attached hydrogens (tertiary/aromatic N) is 2. The highest BCUT2D eigenvalue weighted by atomic mass is 35.5. The molecule has 1 N–H and O–H groups in total. The summed E-state index contributed by atoms with van der Waals surface area (Å²) >= 11 is 5.97. The highest BCUT2D eigenvalue weighted by molar-refractivity contribution is 6.30. The summed E-state index contributed by atoms with van der Waals surface area (Å²) in [5, 5.41) is 10.6. The van der Waals surface area contributed by atoms with Crippen LogP contribution in [0.25, 0.3) is 11.3 Å². The first-order valence-corrected chi connectivity index (χ1v) is 6.13. The maximum absolute atomic E-state index is 9.87. The Hall–Kier alpha value is -1.32. The van der Waals surface area contributed by atoms with E-state index in [1.165, 1.54) is 0 Å². The molecule has 2 aromatic rings. The SMILES string of the molecule is O[C@H]1CCCn2cc(-c3cccc(Cl)c3)nc21. The second kappa shape index (κ2) is 4.17. The maximum Gasteiger partial charge on any atom is 0.138 e. The third-order valence-corrected chi connectivity index (χ3v) is 3.34. The molecule has 0 amide bonds. The normalized spacial score (nSPS) is 19.1. The summed E-state index contributed by atoms with van der Waals surface area (Å²) in [6, 6.07) is 7.62. The third kappa shape index (κ3) is 1.96. The molecule has 1 aromatic heterocycles. The van der Waals surface area contributed by atoms with Gasteiger partial charge < -0.3 is 9.67 Å². The van der Waals surface area contributed by atoms with E-state index in [1.807, 2.05) is 35.0 Å². The van der Waals surface area contributed by atoms with Crippen molar-refractivity contribution >= 4 is 11.6 Å². The van der Waals surface area contributed by atoms with E-state index in [2.05, 4.69) is 4.98 Å². The lowest BCUT2D eigenvalue weighted by molar-refractivity contribution is 0.134. The molecule has 2 heterocycles. The predicted octanol–water partition coefficient (Wildman–Crippen LogP) is 3.03. The molecule has 1 aliphatic heterocycles. The fourth-order valence-electron chi connectivity index (χ4n) is 2.25. The standard InChI is InChI=1S/C13H13ClN2O/c14-10-4-1-3-9(7-10)11-8-16-6-2-5-12(17)13(16)15-11/h1,3-4,7-8,12,17H,2,5-6H2/t12-/m0/s1. The van der Waals surface area contributed by atoms with Crippen molar-refractivity contribution in [1.29, 1.82) is 0 Å². The van der Waals surface area contributed by atoms with Gasteiger partial charge in [0.15, 0.2) is 0 Å². The Labute approximate surface area is 105 Å². The predicted molar refractivity (Wildman–Crippen MR) is 66.9 cm³/mol. The average Bonchev–Trinajstić information content (AvgIpc) is 2.74. The molecule has 0 saturated carbocycles. The molecule has 0 bridgehead atoms. The minimum Gasteiger partial charge on any atom is -0.385 e. The Bertz CT molecular complexity index is 550. The molecular weight excluding hydrogens is 236 g/mol. The van der Waals surface area contributed by atoms with Gasteiger partial charge in [0, 0.05) is 23.3 Å². The molecule has 1 aliphatic rings. The zero-order valence-corrected chi connectivity index (χ0v) is 10.1. The van der Waals surface area contributed by atoms with Crippen LogP contribution in [0.2, 0.25) is 5.02 Å². The molecule has 0 aliphatic carbocycles. The molecule has 0 unspecified atom stereocenters. The highest BCUT2D eigenvalue weighted by Gasteiger charge is 2.21. The summed E-state index contributed by atoms with van der Waals surface area (Å²) in [5.74, 6) is 0.770. The summed E-state index contributed by atoms with van der Waals surface area (Å²) in [6.45, 7) is 0.931. The van der Waals surface area contributed by atoms with Crippen LogP contribution < -0.4 is 0 Å². The van der Waals surface area contributed by atoms with Crippen molar-refractivity contribution in [2.75, 3.05) is 0 Å². The molecule has 0 radical (unpaired) electrons. The van der Waals surface area contributed by atoms with E-state index >= 15 is 0 Å². The smallest absolute Gasteiger partial charge is 0.138 e. The fourth-order valence-corrected chi connectivity index (χ4v) is 2.44. The van der Waals surface area contributed by atoms with Gasteiger partial charge in [-0.2, -0.15) is 0 Å². The number of rotatable bonds is 1. The lowest BCUT2D eigenvalue weighted by Gasteiger charge is -2.18. The number of aromatic nitrogens is 2. The molecule has 4 heteroatoms. The number of benzene rings is 1. The molecule has 17 heavy (non-hydrogen) atoms. The van der Waals surface area contributed by atoms with Gasteiger partial charge in [0.1, 0.15) is 11.9 Å². The Morgan fingerprint density at radius 1 is 1.41 bits per heavy atom. The number of aliphatic hydroxyl groups excluding tert-OH is 1. The highest BCUT2D eigenvalue weighted by Crippen LogP contribution is 2.28. The van der Waals surface area contributed by atoms with Crippen LogP contribution >= 0.6 is 11.6 Å². The second-order valence-electron chi connectivity index (χ2n) is 4.35. The third-order valence-electron chi connectivity index (χ3n) is 3.10. The van der Waals surface area contributed by atoms with Gasteiger partial charge in [-0.1, -0.05) is 23.7 Å². The summed E-state index contributed by atoms with van der Waals surface area (Å²) in [7, 11) is 0. The van der Waals surface area contributed by atoms with Crippen molar-refractivity contribution in [3.8, 4) is 11.3 Å². The van der Waals surface area contributed by atoms with E-state index in [0.717, 1.165) is 36.5 Å². The van der Waals surface area contributed by atoms with Gasteiger partial charge in [-0.15, -0.1) is 0 Å². The Kier molecular flexibility index (Phi) is 2.65. The van der Waals surface area contributed by atoms with Gasteiger partial charge >= 0.3 is 0 Å². The van der Waals surface area contributed by atoms with Crippen molar-refractivity contribution in [1.82, 2.24) is 9.55 Å². The van der Waals surface area contributed by atoms with Crippen molar-refractivity contribution in [3.63, 3.8) is 0 Å². The van der Waals surface area contributed by atoms with Crippen LogP contribution in [0.5, 0.6) is 0 Å². The summed E-state index contributed by atoms with van der Waals surface area (Å²) < 4.78 is 2.03. The van der Waals surface area contributed by atoms with E-state index in [4.69, 9.17) is 11.6 Å². The van der Waals surface area contributed by atoms with Crippen LogP contribution in [0.3, 0.4) is 0 Å². The number of aliphatic hydroxyl groups is 1. The molecule has 3 nitrogen and oxygen atoms in total. The van der Waals surface area contributed by atoms with Gasteiger partial charge in [0.2, 0.25) is 0 Å². The van der Waals surface area contributed by atoms with Crippen LogP contribution in [0, 0.1) is 0 Å². The fraction of sp³-hybridized carbons (Fsp3) is 0.308. The second-order valence-corrected chi connectivity index (χ2v) is 4.78. The van der Waals surface area contributed by atoms with E-state index in [-0.39, 0.29) is 0 Å². The van der Waals surface area contributed by atoms with Crippen molar-refractivity contribution in [2.24, 2.45) is 0 Å². The Morgan fingerprint density at radius 2 is 2.29 bits per heavy atom. The Balaban J connectivity index is 2.05. The van der Waals surface area contributed by atoms with Crippen LogP contribution in [0.4, 0.5) is 0 Å². The van der Waals surface area contributed by atoms with Crippen molar-refractivity contribution < 1.29 is 5.11 Å². The topological polar surface area (TPSA) is 38.0 Å². The quantitative estimate of drug-likeness (QED) is 0.842. The van der Waals surface area contributed by atoms with Crippen LogP contribution in [0.15, 0.2) is 30.5 Å². The van der Waals surface area contributed by atoms with E-state index in [0.29, 0.717) is 5.02 Å². The number of aryl methyl sites for hydroxylation is 1. The summed E-state index contributed by atoms with van der Waals surface area (Å²) in [6.07, 6.45) is 3.35. The zero-order valence-electron chi connectivity index (χ0n) is 9.31. The zero-order chi connectivity index (χ0) is 11.8. The van der Waals surface area contributed by atoms with Gasteiger partial charge in [0.25, 0.3) is 0 Å². The first-order valence-electron chi connectivity index (χ1n) is 5.75. The van der Waals surface area contributed by atoms with Gasteiger partial charge in [-0.25, -0.2) is 4.98 Å². The molecule has 0 saturated heterocycles. The molecule has 1 aromatic carbocycles. The minimum atomic E-state index is -0.434. The minimum absolute atomic E-state index is 0.434. The lowest BCUT2D eigenvalue weighted by Crippen LogP contribution is -2.14. The van der Waals surface area contributed by atoms with E-state index in [9.17, 15) is 5.11 Å². The van der Waals surface area contributed by atoms with Crippen LogP contribution in [-0.4, -0.2) is 14.7 Å². The van der Waals surface area contributed by atoms with Gasteiger partial charge in [-0.3, -0.25) is 0 Å². The Morgan fingerprint density at radius 3 is 3.06 bits per heavy atom. The van der Waals surface area contributed by atoms with Crippen molar-refractivity contribution in [3.05, 3.63) is 41.3 Å². The molecular formula is C13H13ClN2O. The summed E-state index contributed by atoms with van der Waals surface area (Å²) in [5.41, 5.74) is 1.87. The number of hydrogen-bond acceptors (Lipinski definition) is 2. The van der Waals surface area contributed by atoms with E-state index < -0.39 is 6.10 Å². The summed E-state index contributed by atoms with van der Waals surface area (Å²) in [4.78, 5) is 4.50. The molecule has 1 atom stereocenters. The molecule has 0 spiro atoms. The number of imidazole rings is 1. The molecule has 3 rings (SSSR count). The number of hydrogen-bond donors (Lipinski definition) is 1. The van der Waals surface area contributed by atoms with Crippen LogP contribution in [-0.2, 0) is 6.54 Å². The largest absolute Gasteiger partial charge is 0.385 e. The maximum atomic E-state index is 9.87. The number of halogens is 1. The monoisotopic (exact) mass is 248 g/mol. The molecule has 0 fully saturated rings. The lowest BCUT2D eigenvalue weighted by atomic mass is 10.1. The first-order chi connectivity index (χ1) is 8.24.